The zero-order valence-electron chi connectivity index (χ0n) is 8.06. The van der Waals surface area contributed by atoms with E-state index in [1.165, 1.54) is 7.11 Å². The molecule has 0 heterocycles. The van der Waals surface area contributed by atoms with Gasteiger partial charge in [-0.25, -0.2) is 9.36 Å². The number of alkyl carbamates (subject to hydrolysis) is 1. The summed E-state index contributed by atoms with van der Waals surface area (Å²) in [5, 5.41) is 2.27. The maximum atomic E-state index is 10.9. The summed E-state index contributed by atoms with van der Waals surface area (Å²) in [4.78, 5) is 19.4. The molecule has 0 radical (unpaired) electrons. The standard InChI is InChI=1S/C6H14NO6P/c1-3-12-14(9,10)13-5-4-7-6(8)11-2/h3-5H2,1-2H3,(H,7,8)(H,9,10). The van der Waals surface area contributed by atoms with Crippen molar-refractivity contribution in [1.82, 2.24) is 5.32 Å². The quantitative estimate of drug-likeness (QED) is 0.506. The molecule has 0 aliphatic rings. The first-order valence-electron chi connectivity index (χ1n) is 3.95. The Labute approximate surface area is 82.0 Å². The first-order valence-corrected chi connectivity index (χ1v) is 5.45. The molecule has 0 aliphatic carbocycles. The minimum Gasteiger partial charge on any atom is -0.453 e. The maximum absolute atomic E-state index is 10.9. The molecule has 0 saturated carbocycles. The van der Waals surface area contributed by atoms with Crippen molar-refractivity contribution in [2.75, 3.05) is 26.9 Å². The lowest BCUT2D eigenvalue weighted by Crippen LogP contribution is -2.26. The van der Waals surface area contributed by atoms with Gasteiger partial charge in [0.2, 0.25) is 0 Å². The molecule has 0 aliphatic heterocycles. The van der Waals surface area contributed by atoms with Gasteiger partial charge in [-0.05, 0) is 6.92 Å². The van der Waals surface area contributed by atoms with Gasteiger partial charge in [0.05, 0.1) is 20.3 Å². The highest BCUT2D eigenvalue weighted by molar-refractivity contribution is 7.47. The van der Waals surface area contributed by atoms with Crippen molar-refractivity contribution in [2.45, 2.75) is 6.92 Å². The second kappa shape index (κ2) is 6.78. The van der Waals surface area contributed by atoms with Crippen LogP contribution in [-0.4, -0.2) is 37.9 Å². The van der Waals surface area contributed by atoms with E-state index in [0.29, 0.717) is 0 Å². The van der Waals surface area contributed by atoms with E-state index in [1.54, 1.807) is 6.92 Å². The third kappa shape index (κ3) is 6.85. The zero-order chi connectivity index (χ0) is 11.0. The van der Waals surface area contributed by atoms with Gasteiger partial charge in [-0.3, -0.25) is 9.05 Å². The van der Waals surface area contributed by atoms with Crippen molar-refractivity contribution in [3.05, 3.63) is 0 Å². The van der Waals surface area contributed by atoms with Crippen molar-refractivity contribution >= 4 is 13.9 Å². The molecule has 0 aromatic rings. The fourth-order valence-corrected chi connectivity index (χ4v) is 1.31. The molecule has 7 nitrogen and oxygen atoms in total. The molecule has 0 saturated heterocycles. The summed E-state index contributed by atoms with van der Waals surface area (Å²) in [7, 11) is -2.74. The van der Waals surface area contributed by atoms with Crippen LogP contribution in [-0.2, 0) is 18.3 Å². The van der Waals surface area contributed by atoms with E-state index in [2.05, 4.69) is 19.1 Å². The molecule has 0 fully saturated rings. The second-order valence-corrected chi connectivity index (χ2v) is 3.59. The van der Waals surface area contributed by atoms with E-state index in [1.807, 2.05) is 0 Å². The van der Waals surface area contributed by atoms with E-state index in [4.69, 9.17) is 4.89 Å². The zero-order valence-corrected chi connectivity index (χ0v) is 8.95. The molecule has 2 N–H and O–H groups in total. The molecule has 0 rings (SSSR count). The van der Waals surface area contributed by atoms with Crippen LogP contribution in [0.25, 0.3) is 0 Å². The van der Waals surface area contributed by atoms with Gasteiger partial charge in [0.25, 0.3) is 0 Å². The summed E-state index contributed by atoms with van der Waals surface area (Å²) >= 11 is 0. The molecular weight excluding hydrogens is 213 g/mol. The Balaban J connectivity index is 3.53. The summed E-state index contributed by atoms with van der Waals surface area (Å²) in [6.07, 6.45) is -0.627. The molecule has 0 bridgehead atoms. The topological polar surface area (TPSA) is 94.1 Å². The van der Waals surface area contributed by atoms with Crippen LogP contribution < -0.4 is 5.32 Å². The van der Waals surface area contributed by atoms with Gasteiger partial charge >= 0.3 is 13.9 Å². The Bertz CT molecular complexity index is 220. The van der Waals surface area contributed by atoms with Crippen molar-refractivity contribution in [2.24, 2.45) is 0 Å². The number of carbonyl (C=O) groups is 1. The molecule has 84 valence electrons. The highest BCUT2D eigenvalue weighted by atomic mass is 31.2. The Morgan fingerprint density at radius 3 is 2.64 bits per heavy atom. The van der Waals surface area contributed by atoms with Crippen LogP contribution in [0.15, 0.2) is 0 Å². The van der Waals surface area contributed by atoms with Crippen LogP contribution in [0.1, 0.15) is 6.92 Å². The van der Waals surface area contributed by atoms with Crippen molar-refractivity contribution in [1.29, 1.82) is 0 Å². The van der Waals surface area contributed by atoms with E-state index in [-0.39, 0.29) is 19.8 Å². The maximum Gasteiger partial charge on any atom is 0.472 e. The number of ether oxygens (including phenoxy) is 1. The van der Waals surface area contributed by atoms with Crippen LogP contribution in [0.5, 0.6) is 0 Å². The van der Waals surface area contributed by atoms with Crippen LogP contribution in [0.4, 0.5) is 4.79 Å². The van der Waals surface area contributed by atoms with E-state index in [9.17, 15) is 9.36 Å². The Morgan fingerprint density at radius 1 is 1.50 bits per heavy atom. The van der Waals surface area contributed by atoms with Gasteiger partial charge in [-0.2, -0.15) is 0 Å². The Kier molecular flexibility index (Phi) is 6.48. The Hall–Kier alpha value is -0.620. The van der Waals surface area contributed by atoms with Gasteiger partial charge in [-0.1, -0.05) is 0 Å². The third-order valence-electron chi connectivity index (χ3n) is 1.10. The third-order valence-corrected chi connectivity index (χ3v) is 2.20. The highest BCUT2D eigenvalue weighted by Gasteiger charge is 2.19. The summed E-state index contributed by atoms with van der Waals surface area (Å²) in [6, 6.07) is 0. The molecule has 1 unspecified atom stereocenters. The predicted molar refractivity (Wildman–Crippen MR) is 47.8 cm³/mol. The molecule has 1 atom stereocenters. The number of hydrogen-bond donors (Lipinski definition) is 2. The molecule has 0 aromatic carbocycles. The number of phosphoric ester groups is 1. The molecular formula is C6H14NO6P. The first-order chi connectivity index (χ1) is 6.52. The number of amides is 1. The van der Waals surface area contributed by atoms with Crippen molar-refractivity contribution in [3.8, 4) is 0 Å². The molecule has 8 heteroatoms. The first kappa shape index (κ1) is 13.4. The highest BCUT2D eigenvalue weighted by Crippen LogP contribution is 2.42. The monoisotopic (exact) mass is 227 g/mol. The van der Waals surface area contributed by atoms with Gasteiger partial charge in [0.1, 0.15) is 0 Å². The smallest absolute Gasteiger partial charge is 0.453 e. The summed E-state index contributed by atoms with van der Waals surface area (Å²) in [6.45, 7) is 1.60. The largest absolute Gasteiger partial charge is 0.472 e. The van der Waals surface area contributed by atoms with E-state index >= 15 is 0 Å². The lowest BCUT2D eigenvalue weighted by molar-refractivity contribution is 0.147. The fraction of sp³-hybridized carbons (Fsp3) is 0.833. The van der Waals surface area contributed by atoms with Crippen LogP contribution in [0.3, 0.4) is 0 Å². The number of methoxy groups -OCH3 is 1. The number of nitrogens with one attached hydrogen (secondary N) is 1. The van der Waals surface area contributed by atoms with Crippen LogP contribution in [0.2, 0.25) is 0 Å². The normalized spacial score (nSPS) is 14.5. The predicted octanol–water partition coefficient (Wildman–Crippen LogP) is 0.496. The minimum absolute atomic E-state index is 0.0737. The van der Waals surface area contributed by atoms with Gasteiger partial charge in [-0.15, -0.1) is 0 Å². The minimum atomic E-state index is -3.95. The summed E-state index contributed by atoms with van der Waals surface area (Å²) in [5.74, 6) is 0. The summed E-state index contributed by atoms with van der Waals surface area (Å²) in [5.41, 5.74) is 0. The molecule has 14 heavy (non-hydrogen) atoms. The van der Waals surface area contributed by atoms with Gasteiger partial charge in [0.15, 0.2) is 0 Å². The van der Waals surface area contributed by atoms with Crippen molar-refractivity contribution in [3.63, 3.8) is 0 Å². The number of hydrogen-bond acceptors (Lipinski definition) is 5. The van der Waals surface area contributed by atoms with E-state index < -0.39 is 13.9 Å². The lowest BCUT2D eigenvalue weighted by Gasteiger charge is -2.10. The second-order valence-electron chi connectivity index (χ2n) is 2.14. The van der Waals surface area contributed by atoms with Gasteiger partial charge in [0, 0.05) is 6.54 Å². The SMILES string of the molecule is CCOP(=O)(O)OCCNC(=O)OC. The van der Waals surface area contributed by atoms with Crippen molar-refractivity contribution < 1.29 is 28.0 Å². The van der Waals surface area contributed by atoms with E-state index in [0.717, 1.165) is 0 Å². The molecule has 0 spiro atoms. The van der Waals surface area contributed by atoms with Crippen LogP contribution >= 0.6 is 7.82 Å². The molecule has 0 aromatic heterocycles. The average Bonchev–Trinajstić information content (AvgIpc) is 2.12. The van der Waals surface area contributed by atoms with Crippen LogP contribution in [0, 0.1) is 0 Å². The number of phosphoric acid groups is 1. The van der Waals surface area contributed by atoms with Gasteiger partial charge < -0.3 is 14.9 Å². The number of carbonyl (C=O) groups excluding carboxylic acids is 1. The number of rotatable bonds is 6. The average molecular weight is 227 g/mol. The molecule has 1 amide bonds. The Morgan fingerprint density at radius 2 is 2.14 bits per heavy atom. The summed E-state index contributed by atoms with van der Waals surface area (Å²) < 4.78 is 24.0. The fourth-order valence-electron chi connectivity index (χ4n) is 0.587. The lowest BCUT2D eigenvalue weighted by atomic mass is 10.7.